The molecule has 0 bridgehead atoms. The molecular weight excluding hydrogens is 406 g/mol. The van der Waals surface area contributed by atoms with E-state index in [1.807, 2.05) is 13.0 Å². The van der Waals surface area contributed by atoms with Gasteiger partial charge in [0.05, 0.1) is 18.2 Å². The molecule has 6 nitrogen and oxygen atoms in total. The first-order valence-electron chi connectivity index (χ1n) is 9.74. The van der Waals surface area contributed by atoms with Gasteiger partial charge in [-0.3, -0.25) is 9.59 Å². The number of benzene rings is 2. The highest BCUT2D eigenvalue weighted by Gasteiger charge is 2.45. The van der Waals surface area contributed by atoms with Gasteiger partial charge in [-0.2, -0.15) is 0 Å². The van der Waals surface area contributed by atoms with Crippen molar-refractivity contribution >= 4 is 29.1 Å². The Morgan fingerprint density at radius 2 is 1.93 bits per heavy atom. The summed E-state index contributed by atoms with van der Waals surface area (Å²) in [6, 6.07) is 13.0. The number of amides is 1. The van der Waals surface area contributed by atoms with Crippen molar-refractivity contribution in [1.82, 2.24) is 4.90 Å². The smallest absolute Gasteiger partial charge is 0.295 e. The largest absolute Gasteiger partial charge is 0.507 e. The molecule has 0 saturated carbocycles. The molecule has 1 amide bonds. The van der Waals surface area contributed by atoms with Crippen LogP contribution in [0.5, 0.6) is 5.75 Å². The fraction of sp³-hybridized carbons (Fsp3) is 0.304. The van der Waals surface area contributed by atoms with Gasteiger partial charge in [0.2, 0.25) is 0 Å². The Bertz CT molecular complexity index is 972. The Hall–Kier alpha value is -2.83. The van der Waals surface area contributed by atoms with E-state index in [4.69, 9.17) is 21.1 Å². The Kier molecular flexibility index (Phi) is 7.13. The number of aliphatic hydroxyl groups excluding tert-OH is 1. The number of carbonyl (C=O) groups is 2. The number of halogens is 1. The predicted octanol–water partition coefficient (Wildman–Crippen LogP) is 4.20. The topological polar surface area (TPSA) is 76.1 Å². The molecule has 1 N–H and O–H groups in total. The summed E-state index contributed by atoms with van der Waals surface area (Å²) in [7, 11) is 1.58. The minimum absolute atomic E-state index is 0.0355. The van der Waals surface area contributed by atoms with Crippen LogP contribution in [0.15, 0.2) is 54.1 Å². The normalized spacial score (nSPS) is 18.1. The molecule has 1 aliphatic heterocycles. The van der Waals surface area contributed by atoms with Crippen molar-refractivity contribution in [2.75, 3.05) is 26.9 Å². The summed E-state index contributed by atoms with van der Waals surface area (Å²) in [5.41, 5.74) is 1.10. The average molecular weight is 430 g/mol. The number of Topliss-reactive ketones (excluding diaryl/α,β-unsaturated/α-hetero) is 1. The van der Waals surface area contributed by atoms with Crippen LogP contribution in [-0.2, 0) is 14.3 Å². The van der Waals surface area contributed by atoms with E-state index in [-0.39, 0.29) is 11.3 Å². The lowest BCUT2D eigenvalue weighted by atomic mass is 9.95. The molecule has 2 aromatic carbocycles. The summed E-state index contributed by atoms with van der Waals surface area (Å²) < 4.78 is 10.7. The van der Waals surface area contributed by atoms with Crippen LogP contribution in [-0.4, -0.2) is 48.6 Å². The third-order valence-electron chi connectivity index (χ3n) is 4.87. The van der Waals surface area contributed by atoms with Crippen LogP contribution in [0.4, 0.5) is 0 Å². The fourth-order valence-corrected chi connectivity index (χ4v) is 3.76. The first kappa shape index (κ1) is 21.9. The number of aliphatic hydroxyl groups is 1. The van der Waals surface area contributed by atoms with Crippen molar-refractivity contribution in [3.8, 4) is 5.75 Å². The Balaban J connectivity index is 2.13. The van der Waals surface area contributed by atoms with Crippen molar-refractivity contribution in [2.45, 2.75) is 19.4 Å². The molecule has 1 saturated heterocycles. The number of carbonyl (C=O) groups excluding carboxylic acids is 2. The maximum atomic E-state index is 12.9. The number of methoxy groups -OCH3 is 1. The summed E-state index contributed by atoms with van der Waals surface area (Å²) in [4.78, 5) is 27.3. The summed E-state index contributed by atoms with van der Waals surface area (Å²) >= 11 is 6.06. The second-order valence-electron chi connectivity index (χ2n) is 6.85. The summed E-state index contributed by atoms with van der Waals surface area (Å²) in [6.07, 6.45) is 0.558. The van der Waals surface area contributed by atoms with Gasteiger partial charge < -0.3 is 19.5 Å². The molecule has 0 aromatic heterocycles. The monoisotopic (exact) mass is 429 g/mol. The minimum Gasteiger partial charge on any atom is -0.507 e. The number of likely N-dealkylation sites (tertiary alicyclic amines) is 1. The summed E-state index contributed by atoms with van der Waals surface area (Å²) in [5.74, 6) is -1.00. The van der Waals surface area contributed by atoms with Crippen LogP contribution in [0, 0.1) is 0 Å². The van der Waals surface area contributed by atoms with Gasteiger partial charge in [-0.15, -0.1) is 0 Å². The van der Waals surface area contributed by atoms with E-state index in [1.54, 1.807) is 49.6 Å². The van der Waals surface area contributed by atoms with Crippen molar-refractivity contribution in [3.63, 3.8) is 0 Å². The number of ketones is 1. The van der Waals surface area contributed by atoms with Gasteiger partial charge >= 0.3 is 0 Å². The van der Waals surface area contributed by atoms with E-state index < -0.39 is 17.7 Å². The molecule has 7 heteroatoms. The first-order valence-corrected chi connectivity index (χ1v) is 10.1. The zero-order chi connectivity index (χ0) is 21.7. The zero-order valence-corrected chi connectivity index (χ0v) is 17.7. The van der Waals surface area contributed by atoms with Crippen molar-refractivity contribution in [1.29, 1.82) is 0 Å². The molecule has 1 heterocycles. The second-order valence-corrected chi connectivity index (χ2v) is 7.29. The van der Waals surface area contributed by atoms with Crippen LogP contribution < -0.4 is 4.74 Å². The van der Waals surface area contributed by atoms with Crippen LogP contribution in [0.2, 0.25) is 5.02 Å². The molecule has 0 spiro atoms. The molecule has 1 fully saturated rings. The number of ether oxygens (including phenoxy) is 2. The van der Waals surface area contributed by atoms with E-state index in [0.717, 1.165) is 0 Å². The van der Waals surface area contributed by atoms with Crippen molar-refractivity contribution in [2.24, 2.45) is 0 Å². The maximum absolute atomic E-state index is 12.9. The molecule has 1 aliphatic rings. The van der Waals surface area contributed by atoms with Crippen molar-refractivity contribution in [3.05, 3.63) is 70.3 Å². The lowest BCUT2D eigenvalue weighted by Gasteiger charge is -2.25. The highest BCUT2D eigenvalue weighted by Crippen LogP contribution is 2.40. The standard InChI is InChI=1S/C23H24ClNO5/c1-3-30-18-10-5-7-15(14-18)20-19(21(26)16-8-4-9-17(24)13-16)22(27)23(28)25(20)11-6-12-29-2/h4-5,7-10,13-14,20,26H,3,6,11-12H2,1-2H3/b21-19-. The summed E-state index contributed by atoms with van der Waals surface area (Å²) in [6.45, 7) is 3.12. The number of rotatable bonds is 8. The zero-order valence-electron chi connectivity index (χ0n) is 16.9. The Morgan fingerprint density at radius 3 is 2.63 bits per heavy atom. The lowest BCUT2D eigenvalue weighted by Crippen LogP contribution is -2.31. The Labute approximate surface area is 180 Å². The SMILES string of the molecule is CCOc1cccc(C2/C(=C(/O)c3cccc(Cl)c3)C(=O)C(=O)N2CCCOC)c1. The average Bonchev–Trinajstić information content (AvgIpc) is 2.99. The minimum atomic E-state index is -0.735. The lowest BCUT2D eigenvalue weighted by molar-refractivity contribution is -0.140. The van der Waals surface area contributed by atoms with Gasteiger partial charge in [0.25, 0.3) is 11.7 Å². The quantitative estimate of drug-likeness (QED) is 0.294. The second kappa shape index (κ2) is 9.78. The van der Waals surface area contributed by atoms with E-state index >= 15 is 0 Å². The Morgan fingerprint density at radius 1 is 1.17 bits per heavy atom. The molecule has 0 aliphatic carbocycles. The van der Waals surface area contributed by atoms with E-state index in [1.165, 1.54) is 4.90 Å². The third kappa shape index (κ3) is 4.50. The molecule has 1 atom stereocenters. The van der Waals surface area contributed by atoms with Crippen LogP contribution in [0.3, 0.4) is 0 Å². The first-order chi connectivity index (χ1) is 14.5. The molecule has 1 unspecified atom stereocenters. The molecule has 0 radical (unpaired) electrons. The van der Waals surface area contributed by atoms with Crippen LogP contribution >= 0.6 is 11.6 Å². The van der Waals surface area contributed by atoms with Crippen LogP contribution in [0.25, 0.3) is 5.76 Å². The highest BCUT2D eigenvalue weighted by atomic mass is 35.5. The molecular formula is C23H24ClNO5. The molecule has 2 aromatic rings. The highest BCUT2D eigenvalue weighted by molar-refractivity contribution is 6.46. The van der Waals surface area contributed by atoms with Gasteiger partial charge in [-0.05, 0) is 43.2 Å². The van der Waals surface area contributed by atoms with E-state index in [2.05, 4.69) is 0 Å². The number of nitrogens with zero attached hydrogens (tertiary/aromatic N) is 1. The number of hydrogen-bond acceptors (Lipinski definition) is 5. The van der Waals surface area contributed by atoms with Crippen molar-refractivity contribution < 1.29 is 24.2 Å². The fourth-order valence-electron chi connectivity index (χ4n) is 3.57. The third-order valence-corrected chi connectivity index (χ3v) is 5.11. The maximum Gasteiger partial charge on any atom is 0.295 e. The van der Waals surface area contributed by atoms with E-state index in [9.17, 15) is 14.7 Å². The van der Waals surface area contributed by atoms with Gasteiger partial charge in [0, 0.05) is 30.8 Å². The van der Waals surface area contributed by atoms with Gasteiger partial charge in [-0.25, -0.2) is 0 Å². The number of hydrogen-bond donors (Lipinski definition) is 1. The molecule has 30 heavy (non-hydrogen) atoms. The van der Waals surface area contributed by atoms with E-state index in [0.29, 0.717) is 48.1 Å². The predicted molar refractivity (Wildman–Crippen MR) is 115 cm³/mol. The van der Waals surface area contributed by atoms with Gasteiger partial charge in [0.15, 0.2) is 0 Å². The van der Waals surface area contributed by atoms with Gasteiger partial charge in [0.1, 0.15) is 11.5 Å². The van der Waals surface area contributed by atoms with Crippen LogP contribution in [0.1, 0.15) is 30.5 Å². The molecule has 158 valence electrons. The molecule has 3 rings (SSSR count). The summed E-state index contributed by atoms with van der Waals surface area (Å²) in [5, 5.41) is 11.4. The van der Waals surface area contributed by atoms with Gasteiger partial charge in [-0.1, -0.05) is 35.9 Å².